The van der Waals surface area contributed by atoms with Crippen LogP contribution >= 0.6 is 0 Å². The number of ketones is 1. The summed E-state index contributed by atoms with van der Waals surface area (Å²) in [4.78, 5) is 15.8. The molecule has 1 N–H and O–H groups in total. The van der Waals surface area contributed by atoms with Crippen LogP contribution in [0.15, 0.2) is 0 Å². The van der Waals surface area contributed by atoms with Gasteiger partial charge in [0.25, 0.3) is 0 Å². The van der Waals surface area contributed by atoms with Gasteiger partial charge in [0, 0.05) is 5.92 Å². The smallest absolute Gasteiger partial charge is 0.150 e. The molecular formula is C26H43NO2. The quantitative estimate of drug-likeness (QED) is 0.718. The summed E-state index contributed by atoms with van der Waals surface area (Å²) in [6.07, 6.45) is 14.9. The summed E-state index contributed by atoms with van der Waals surface area (Å²) >= 11 is 0. The third kappa shape index (κ3) is 3.63. The molecule has 1 aliphatic heterocycles. The van der Waals surface area contributed by atoms with Crippen molar-refractivity contribution in [3.05, 3.63) is 0 Å². The van der Waals surface area contributed by atoms with Crippen molar-refractivity contribution in [3.63, 3.8) is 0 Å². The Balaban J connectivity index is 1.28. The van der Waals surface area contributed by atoms with Gasteiger partial charge in [0.15, 0.2) is 0 Å². The van der Waals surface area contributed by atoms with Crippen molar-refractivity contribution in [3.8, 4) is 0 Å². The first-order chi connectivity index (χ1) is 13.9. The standard InChI is InChI=1S/C26H43NO2/c1-25(29)12-10-19-18(16-25)6-7-21-20(19)11-13-26(2)22(21)8-9-23(26)24(28)17-27-14-4-3-5-15-27/h18-23,29H,3-17H2,1-2H3. The second-order valence-electron chi connectivity index (χ2n) is 12.2. The summed E-state index contributed by atoms with van der Waals surface area (Å²) in [5, 5.41) is 10.6. The summed E-state index contributed by atoms with van der Waals surface area (Å²) in [7, 11) is 0. The van der Waals surface area contributed by atoms with Gasteiger partial charge in [0.1, 0.15) is 5.78 Å². The van der Waals surface area contributed by atoms with Crippen LogP contribution < -0.4 is 0 Å². The van der Waals surface area contributed by atoms with E-state index in [1.54, 1.807) is 0 Å². The summed E-state index contributed by atoms with van der Waals surface area (Å²) in [6.45, 7) is 7.55. The molecule has 0 amide bonds. The number of Topliss-reactive ketones (excluding diaryl/α,β-unsaturated/α-hetero) is 1. The molecule has 5 fully saturated rings. The van der Waals surface area contributed by atoms with Crippen LogP contribution in [0.1, 0.15) is 90.9 Å². The van der Waals surface area contributed by atoms with Gasteiger partial charge in [0.05, 0.1) is 12.1 Å². The molecule has 0 aromatic heterocycles. The molecule has 4 aliphatic carbocycles. The van der Waals surface area contributed by atoms with Crippen LogP contribution in [0.2, 0.25) is 0 Å². The Morgan fingerprint density at radius 1 is 0.897 bits per heavy atom. The zero-order chi connectivity index (χ0) is 20.2. The molecule has 4 saturated carbocycles. The van der Waals surface area contributed by atoms with Crippen molar-refractivity contribution < 1.29 is 9.90 Å². The van der Waals surface area contributed by atoms with Crippen molar-refractivity contribution >= 4 is 5.78 Å². The number of likely N-dealkylation sites (tertiary alicyclic amines) is 1. The molecule has 0 aromatic carbocycles. The van der Waals surface area contributed by atoms with E-state index >= 15 is 0 Å². The zero-order valence-corrected chi connectivity index (χ0v) is 18.9. The number of nitrogens with zero attached hydrogens (tertiary/aromatic N) is 1. The fourth-order valence-corrected chi connectivity index (χ4v) is 9.06. The van der Waals surface area contributed by atoms with E-state index in [4.69, 9.17) is 0 Å². The number of hydrogen-bond acceptors (Lipinski definition) is 3. The van der Waals surface area contributed by atoms with Crippen molar-refractivity contribution in [1.82, 2.24) is 4.90 Å². The first-order valence-electron chi connectivity index (χ1n) is 12.8. The molecule has 5 rings (SSSR count). The fourth-order valence-electron chi connectivity index (χ4n) is 9.06. The van der Waals surface area contributed by atoms with E-state index in [9.17, 15) is 9.90 Å². The molecule has 8 atom stereocenters. The monoisotopic (exact) mass is 401 g/mol. The van der Waals surface area contributed by atoms with Crippen LogP contribution in [0.5, 0.6) is 0 Å². The number of aliphatic hydroxyl groups is 1. The SMILES string of the molecule is CC1(O)CCC2C(CCC3C2CCC2(C)C(C(=O)CN4CCCCC4)CCC32)C1. The highest BCUT2D eigenvalue weighted by Gasteiger charge is 2.58. The van der Waals surface area contributed by atoms with Crippen LogP contribution in [0.3, 0.4) is 0 Å². The third-order valence-electron chi connectivity index (χ3n) is 10.5. The van der Waals surface area contributed by atoms with Gasteiger partial charge in [-0.25, -0.2) is 0 Å². The lowest BCUT2D eigenvalue weighted by Gasteiger charge is -2.57. The minimum absolute atomic E-state index is 0.265. The minimum Gasteiger partial charge on any atom is -0.390 e. The summed E-state index contributed by atoms with van der Waals surface area (Å²) < 4.78 is 0. The Labute approximate surface area is 178 Å². The molecule has 164 valence electrons. The highest BCUT2D eigenvalue weighted by Crippen LogP contribution is 2.64. The molecule has 0 bridgehead atoms. The van der Waals surface area contributed by atoms with Crippen LogP contribution in [-0.4, -0.2) is 41.0 Å². The molecule has 5 aliphatic rings. The molecule has 0 aromatic rings. The molecule has 0 radical (unpaired) electrons. The Hall–Kier alpha value is -0.410. The van der Waals surface area contributed by atoms with E-state index in [1.807, 2.05) is 0 Å². The normalized spacial score (nSPS) is 50.4. The van der Waals surface area contributed by atoms with E-state index in [2.05, 4.69) is 18.7 Å². The molecule has 29 heavy (non-hydrogen) atoms. The van der Waals surface area contributed by atoms with Gasteiger partial charge in [-0.3, -0.25) is 9.69 Å². The molecule has 1 saturated heterocycles. The van der Waals surface area contributed by atoms with E-state index in [0.717, 1.165) is 68.5 Å². The van der Waals surface area contributed by atoms with Gasteiger partial charge < -0.3 is 5.11 Å². The highest BCUT2D eigenvalue weighted by molar-refractivity contribution is 5.84. The first-order valence-corrected chi connectivity index (χ1v) is 12.8. The maximum Gasteiger partial charge on any atom is 0.150 e. The molecular weight excluding hydrogens is 358 g/mol. The van der Waals surface area contributed by atoms with Gasteiger partial charge >= 0.3 is 0 Å². The largest absolute Gasteiger partial charge is 0.390 e. The minimum atomic E-state index is -0.420. The average Bonchev–Trinajstić information content (AvgIpc) is 3.05. The topological polar surface area (TPSA) is 40.5 Å². The maximum atomic E-state index is 13.4. The number of carbonyl (C=O) groups excluding carboxylic acids is 1. The van der Waals surface area contributed by atoms with Gasteiger partial charge in [0.2, 0.25) is 0 Å². The number of hydrogen-bond donors (Lipinski definition) is 1. The summed E-state index contributed by atoms with van der Waals surface area (Å²) in [5.74, 6) is 4.99. The van der Waals surface area contributed by atoms with Gasteiger partial charge in [-0.15, -0.1) is 0 Å². The maximum absolute atomic E-state index is 13.4. The molecule has 3 nitrogen and oxygen atoms in total. The lowest BCUT2D eigenvalue weighted by atomic mass is 9.49. The molecule has 1 heterocycles. The van der Waals surface area contributed by atoms with Crippen LogP contribution in [0.4, 0.5) is 0 Å². The molecule has 0 spiro atoms. The van der Waals surface area contributed by atoms with E-state index in [1.165, 1.54) is 57.8 Å². The van der Waals surface area contributed by atoms with Crippen LogP contribution in [-0.2, 0) is 4.79 Å². The Morgan fingerprint density at radius 2 is 1.66 bits per heavy atom. The third-order valence-corrected chi connectivity index (χ3v) is 10.5. The van der Waals surface area contributed by atoms with Gasteiger partial charge in [-0.1, -0.05) is 13.3 Å². The zero-order valence-electron chi connectivity index (χ0n) is 18.9. The lowest BCUT2D eigenvalue weighted by molar-refractivity contribution is -0.133. The summed E-state index contributed by atoms with van der Waals surface area (Å²) in [6, 6.07) is 0. The predicted octanol–water partition coefficient (Wildman–Crippen LogP) is 5.06. The molecule has 8 unspecified atom stereocenters. The number of rotatable bonds is 3. The Morgan fingerprint density at radius 3 is 2.45 bits per heavy atom. The Kier molecular flexibility index (Phi) is 5.39. The Bertz CT molecular complexity index is 624. The average molecular weight is 402 g/mol. The van der Waals surface area contributed by atoms with Gasteiger partial charge in [-0.2, -0.15) is 0 Å². The van der Waals surface area contributed by atoms with E-state index in [0.29, 0.717) is 11.7 Å². The molecule has 3 heteroatoms. The fraction of sp³-hybridized carbons (Fsp3) is 0.962. The van der Waals surface area contributed by atoms with Crippen LogP contribution in [0.25, 0.3) is 0 Å². The van der Waals surface area contributed by atoms with Crippen molar-refractivity contribution in [1.29, 1.82) is 0 Å². The summed E-state index contributed by atoms with van der Waals surface area (Å²) in [5.41, 5.74) is -0.155. The van der Waals surface area contributed by atoms with E-state index < -0.39 is 5.60 Å². The van der Waals surface area contributed by atoms with E-state index in [-0.39, 0.29) is 5.41 Å². The number of piperidine rings is 1. The second-order valence-corrected chi connectivity index (χ2v) is 12.2. The predicted molar refractivity (Wildman–Crippen MR) is 117 cm³/mol. The van der Waals surface area contributed by atoms with Crippen molar-refractivity contribution in [2.24, 2.45) is 40.9 Å². The van der Waals surface area contributed by atoms with Crippen molar-refractivity contribution in [2.75, 3.05) is 19.6 Å². The van der Waals surface area contributed by atoms with Crippen LogP contribution in [0, 0.1) is 40.9 Å². The van der Waals surface area contributed by atoms with Gasteiger partial charge in [-0.05, 0) is 126 Å². The highest BCUT2D eigenvalue weighted by atomic mass is 16.3. The first kappa shape index (κ1) is 20.5. The second kappa shape index (κ2) is 7.62. The number of carbonyl (C=O) groups is 1. The van der Waals surface area contributed by atoms with Crippen molar-refractivity contribution in [2.45, 2.75) is 96.5 Å². The lowest BCUT2D eigenvalue weighted by Crippen LogP contribution is -2.51. The number of fused-ring (bicyclic) bond motifs is 5.